The van der Waals surface area contributed by atoms with E-state index in [0.717, 1.165) is 0 Å². The Morgan fingerprint density at radius 2 is 1.53 bits per heavy atom. The van der Waals surface area contributed by atoms with Crippen LogP contribution < -0.4 is 27.7 Å². The molecule has 0 amide bonds. The van der Waals surface area contributed by atoms with E-state index >= 15 is 0 Å². The Hall–Kier alpha value is -2.11. The number of nitrogens with two attached hydrogens (primary N) is 4. The molecule has 6 nitrogen and oxygen atoms in total. The molecule has 6 heteroatoms. The van der Waals surface area contributed by atoms with E-state index in [1.807, 2.05) is 0 Å². The molecule has 1 aliphatic rings. The Kier molecular flexibility index (Phi) is 1.85. The summed E-state index contributed by atoms with van der Waals surface area (Å²) in [6.45, 7) is 0.291. The van der Waals surface area contributed by atoms with Crippen molar-refractivity contribution in [2.75, 3.05) is 29.5 Å². The number of hydrogen-bond acceptors (Lipinski definition) is 6. The smallest absolute Gasteiger partial charge is 0.172 e. The van der Waals surface area contributed by atoms with Crippen LogP contribution in [0.15, 0.2) is 0 Å². The van der Waals surface area contributed by atoms with Gasteiger partial charge in [-0.15, -0.1) is 0 Å². The van der Waals surface area contributed by atoms with Gasteiger partial charge in [0, 0.05) is 6.42 Å². The topological polar surface area (TPSA) is 130 Å². The van der Waals surface area contributed by atoms with Gasteiger partial charge in [-0.25, -0.2) is 0 Å². The monoisotopic (exact) mass is 208 g/mol. The molecule has 0 aromatic heterocycles. The van der Waals surface area contributed by atoms with Crippen molar-refractivity contribution in [3.8, 4) is 5.75 Å². The lowest BCUT2D eigenvalue weighted by Crippen LogP contribution is -2.20. The number of fused-ring (bicyclic) bond motifs is 1. The second-order valence-electron chi connectivity index (χ2n) is 3.38. The third-order valence-corrected chi connectivity index (χ3v) is 2.47. The Bertz CT molecular complexity index is 456. The van der Waals surface area contributed by atoms with Crippen LogP contribution in [0.5, 0.6) is 5.75 Å². The van der Waals surface area contributed by atoms with Crippen molar-refractivity contribution in [2.45, 2.75) is 6.42 Å². The Labute approximate surface area is 86.2 Å². The molecule has 2 rings (SSSR count). The largest absolute Gasteiger partial charge is 0.490 e. The zero-order valence-corrected chi connectivity index (χ0v) is 8.04. The van der Waals surface area contributed by atoms with Crippen molar-refractivity contribution in [3.05, 3.63) is 5.56 Å². The highest BCUT2D eigenvalue weighted by atomic mass is 16.5. The molecule has 0 saturated carbocycles. The highest BCUT2D eigenvalue weighted by molar-refractivity contribution is 6.11. The average Bonchev–Trinajstić information content (AvgIpc) is 2.23. The SMILES string of the molecule is Nc1c(N)c(N)c2c(c1N)OCCC2=O. The fourth-order valence-corrected chi connectivity index (χ4v) is 1.60. The molecular formula is C9H12N4O2. The van der Waals surface area contributed by atoms with E-state index in [2.05, 4.69) is 0 Å². The van der Waals surface area contributed by atoms with Gasteiger partial charge in [0.1, 0.15) is 5.69 Å². The summed E-state index contributed by atoms with van der Waals surface area (Å²) in [6, 6.07) is 0. The fourth-order valence-electron chi connectivity index (χ4n) is 1.60. The molecule has 0 fully saturated rings. The van der Waals surface area contributed by atoms with Crippen molar-refractivity contribution in [2.24, 2.45) is 0 Å². The van der Waals surface area contributed by atoms with E-state index in [0.29, 0.717) is 6.61 Å². The van der Waals surface area contributed by atoms with Crippen molar-refractivity contribution in [1.29, 1.82) is 0 Å². The summed E-state index contributed by atoms with van der Waals surface area (Å²) in [5, 5.41) is 0. The summed E-state index contributed by atoms with van der Waals surface area (Å²) >= 11 is 0. The first-order valence-electron chi connectivity index (χ1n) is 4.46. The van der Waals surface area contributed by atoms with Crippen molar-refractivity contribution < 1.29 is 9.53 Å². The molecule has 1 aromatic carbocycles. The number of rotatable bonds is 0. The van der Waals surface area contributed by atoms with Gasteiger partial charge in [0.15, 0.2) is 11.5 Å². The third-order valence-electron chi connectivity index (χ3n) is 2.47. The molecule has 1 aromatic rings. The van der Waals surface area contributed by atoms with Gasteiger partial charge in [0.2, 0.25) is 0 Å². The van der Waals surface area contributed by atoms with Crippen LogP contribution in [-0.2, 0) is 0 Å². The number of ketones is 1. The summed E-state index contributed by atoms with van der Waals surface area (Å²) in [7, 11) is 0. The zero-order valence-electron chi connectivity index (χ0n) is 8.04. The molecule has 1 aliphatic heterocycles. The third kappa shape index (κ3) is 1.14. The van der Waals surface area contributed by atoms with E-state index in [1.54, 1.807) is 0 Å². The zero-order chi connectivity index (χ0) is 11.2. The number of hydrogen-bond donors (Lipinski definition) is 4. The van der Waals surface area contributed by atoms with Crippen LogP contribution in [0.4, 0.5) is 22.7 Å². The molecule has 1 heterocycles. The Morgan fingerprint density at radius 1 is 0.933 bits per heavy atom. The lowest BCUT2D eigenvalue weighted by Gasteiger charge is -2.22. The van der Waals surface area contributed by atoms with Crippen molar-refractivity contribution in [3.63, 3.8) is 0 Å². The van der Waals surface area contributed by atoms with Gasteiger partial charge in [-0.05, 0) is 0 Å². The standard InChI is InChI=1S/C9H12N4O2/c10-5-4-3(14)1-2-15-9(4)8(13)7(12)6(5)11/h1-2,10-13H2. The van der Waals surface area contributed by atoms with Crippen LogP contribution in [-0.4, -0.2) is 12.4 Å². The maximum atomic E-state index is 11.6. The summed E-state index contributed by atoms with van der Waals surface area (Å²) in [6.07, 6.45) is 0.278. The minimum atomic E-state index is -0.118. The highest BCUT2D eigenvalue weighted by Crippen LogP contribution is 2.43. The first kappa shape index (κ1) is 9.45. The van der Waals surface area contributed by atoms with Crippen LogP contribution in [0, 0.1) is 0 Å². The van der Waals surface area contributed by atoms with Gasteiger partial charge in [-0.3, -0.25) is 4.79 Å². The summed E-state index contributed by atoms with van der Waals surface area (Å²) in [4.78, 5) is 11.6. The Morgan fingerprint density at radius 3 is 2.20 bits per heavy atom. The lowest BCUT2D eigenvalue weighted by atomic mass is 9.99. The van der Waals surface area contributed by atoms with Gasteiger partial charge in [-0.1, -0.05) is 0 Å². The molecule has 80 valence electrons. The first-order chi connectivity index (χ1) is 7.04. The fraction of sp³-hybridized carbons (Fsp3) is 0.222. The van der Waals surface area contributed by atoms with E-state index in [9.17, 15) is 4.79 Å². The van der Waals surface area contributed by atoms with Gasteiger partial charge in [0.05, 0.1) is 29.2 Å². The van der Waals surface area contributed by atoms with Gasteiger partial charge in [0.25, 0.3) is 0 Å². The molecule has 8 N–H and O–H groups in total. The maximum absolute atomic E-state index is 11.6. The number of carbonyl (C=O) groups excluding carboxylic acids is 1. The second kappa shape index (κ2) is 2.94. The van der Waals surface area contributed by atoms with E-state index < -0.39 is 0 Å². The predicted molar refractivity (Wildman–Crippen MR) is 58.5 cm³/mol. The predicted octanol–water partition coefficient (Wildman–Crippen LogP) is -0.0194. The second-order valence-corrected chi connectivity index (χ2v) is 3.38. The molecular weight excluding hydrogens is 196 g/mol. The van der Waals surface area contributed by atoms with E-state index in [1.165, 1.54) is 0 Å². The van der Waals surface area contributed by atoms with Gasteiger partial charge >= 0.3 is 0 Å². The average molecular weight is 208 g/mol. The number of benzene rings is 1. The number of carbonyl (C=O) groups is 1. The molecule has 0 saturated heterocycles. The molecule has 0 radical (unpaired) electrons. The number of anilines is 4. The minimum Gasteiger partial charge on any atom is -0.490 e. The normalized spacial score (nSPS) is 14.5. The van der Waals surface area contributed by atoms with Crippen LogP contribution in [0.1, 0.15) is 16.8 Å². The molecule has 0 unspecified atom stereocenters. The molecule has 0 bridgehead atoms. The van der Waals surface area contributed by atoms with Crippen LogP contribution in [0.25, 0.3) is 0 Å². The summed E-state index contributed by atoms with van der Waals surface area (Å²) in [5.74, 6) is 0.141. The quantitative estimate of drug-likeness (QED) is 0.443. The van der Waals surface area contributed by atoms with Crippen molar-refractivity contribution in [1.82, 2.24) is 0 Å². The molecule has 0 atom stereocenters. The van der Waals surface area contributed by atoms with Crippen molar-refractivity contribution >= 4 is 28.5 Å². The van der Waals surface area contributed by atoms with Gasteiger partial charge < -0.3 is 27.7 Å². The summed E-state index contributed by atoms with van der Waals surface area (Å²) < 4.78 is 5.28. The van der Waals surface area contributed by atoms with Gasteiger partial charge in [-0.2, -0.15) is 0 Å². The van der Waals surface area contributed by atoms with Crippen LogP contribution >= 0.6 is 0 Å². The number of Topliss-reactive ketones (excluding diaryl/α,β-unsaturated/α-hetero) is 1. The minimum absolute atomic E-state index is 0.118. The first-order valence-corrected chi connectivity index (χ1v) is 4.46. The molecule has 0 aliphatic carbocycles. The van der Waals surface area contributed by atoms with E-state index in [4.69, 9.17) is 27.7 Å². The number of ether oxygens (including phenoxy) is 1. The van der Waals surface area contributed by atoms with Crippen LogP contribution in [0.2, 0.25) is 0 Å². The highest BCUT2D eigenvalue weighted by Gasteiger charge is 2.27. The summed E-state index contributed by atoms with van der Waals surface area (Å²) in [5.41, 5.74) is 23.6. The van der Waals surface area contributed by atoms with Crippen LogP contribution in [0.3, 0.4) is 0 Å². The van der Waals surface area contributed by atoms with E-state index in [-0.39, 0.29) is 46.3 Å². The Balaban J connectivity index is 2.80. The number of nitrogen functional groups attached to an aromatic ring is 4. The maximum Gasteiger partial charge on any atom is 0.172 e. The lowest BCUT2D eigenvalue weighted by molar-refractivity contribution is 0.0935. The molecule has 0 spiro atoms. The molecule has 15 heavy (non-hydrogen) atoms.